The number of aromatic amines is 1. The maximum atomic E-state index is 12.4. The van der Waals surface area contributed by atoms with Crippen LogP contribution in [0.4, 0.5) is 10.5 Å². The zero-order valence-electron chi connectivity index (χ0n) is 18.2. The lowest BCUT2D eigenvalue weighted by Gasteiger charge is -2.25. The summed E-state index contributed by atoms with van der Waals surface area (Å²) in [5.41, 5.74) is 4.14. The standard InChI is InChI=1S/C25H26N4O4/c30-24(28-25(31)27-18-6-7-22-23(14-18)33-13-3-12-32-22)16-29-10-8-17(9-11-29)20-15-26-21-5-2-1-4-19(20)21/h1-2,4-8,14-15,26H,3,9-13,16H2,(H2,27,28,30,31). The van der Waals surface area contributed by atoms with E-state index in [-0.39, 0.29) is 12.5 Å². The Kier molecular flexibility index (Phi) is 5.99. The topological polar surface area (TPSA) is 95.7 Å². The first kappa shape index (κ1) is 21.1. The quantitative estimate of drug-likeness (QED) is 0.567. The van der Waals surface area contributed by atoms with Gasteiger partial charge in [0.15, 0.2) is 11.5 Å². The number of nitrogens with zero attached hydrogens (tertiary/aromatic N) is 1. The van der Waals surface area contributed by atoms with Gasteiger partial charge in [0.25, 0.3) is 0 Å². The average Bonchev–Trinajstić information content (AvgIpc) is 3.10. The molecule has 1 aromatic heterocycles. The van der Waals surface area contributed by atoms with E-state index in [2.05, 4.69) is 33.8 Å². The number of nitrogens with one attached hydrogen (secondary N) is 3. The second-order valence-corrected chi connectivity index (χ2v) is 8.18. The summed E-state index contributed by atoms with van der Waals surface area (Å²) in [6, 6.07) is 12.8. The Labute approximate surface area is 191 Å². The van der Waals surface area contributed by atoms with Crippen LogP contribution in [0, 0.1) is 0 Å². The lowest BCUT2D eigenvalue weighted by molar-refractivity contribution is -0.121. The smallest absolute Gasteiger partial charge is 0.325 e. The number of benzene rings is 2. The van der Waals surface area contributed by atoms with Crippen molar-refractivity contribution in [2.45, 2.75) is 12.8 Å². The Balaban J connectivity index is 1.13. The fourth-order valence-corrected chi connectivity index (χ4v) is 4.21. The predicted molar refractivity (Wildman–Crippen MR) is 127 cm³/mol. The van der Waals surface area contributed by atoms with Crippen LogP contribution in [0.2, 0.25) is 0 Å². The van der Waals surface area contributed by atoms with Crippen LogP contribution in [0.15, 0.2) is 54.7 Å². The lowest BCUT2D eigenvalue weighted by Crippen LogP contribution is -2.43. The number of para-hydroxylation sites is 1. The van der Waals surface area contributed by atoms with Gasteiger partial charge in [-0.1, -0.05) is 24.3 Å². The summed E-state index contributed by atoms with van der Waals surface area (Å²) in [6.07, 6.45) is 5.85. The van der Waals surface area contributed by atoms with Crippen LogP contribution in [0.1, 0.15) is 18.4 Å². The summed E-state index contributed by atoms with van der Waals surface area (Å²) in [5, 5.41) is 6.30. The van der Waals surface area contributed by atoms with Crippen molar-refractivity contribution in [3.8, 4) is 11.5 Å². The molecule has 2 aliphatic rings. The molecule has 3 heterocycles. The molecule has 0 saturated carbocycles. The van der Waals surface area contributed by atoms with E-state index >= 15 is 0 Å². The number of anilines is 1. The van der Waals surface area contributed by atoms with Crippen LogP contribution in [0.3, 0.4) is 0 Å². The average molecular weight is 447 g/mol. The SMILES string of the molecule is O=C(CN1CC=C(c2c[nH]c3ccccc23)CC1)NC(=O)Nc1ccc2c(c1)OCCCO2. The van der Waals surface area contributed by atoms with Crippen molar-refractivity contribution >= 4 is 34.1 Å². The van der Waals surface area contributed by atoms with Gasteiger partial charge < -0.3 is 19.8 Å². The second kappa shape index (κ2) is 9.38. The number of carbonyl (C=O) groups excluding carboxylic acids is 2. The maximum Gasteiger partial charge on any atom is 0.325 e. The van der Waals surface area contributed by atoms with Crippen molar-refractivity contribution in [2.24, 2.45) is 0 Å². The molecule has 2 aromatic carbocycles. The second-order valence-electron chi connectivity index (χ2n) is 8.18. The molecular weight excluding hydrogens is 420 g/mol. The van der Waals surface area contributed by atoms with Gasteiger partial charge in [-0.3, -0.25) is 15.0 Å². The van der Waals surface area contributed by atoms with E-state index in [1.165, 1.54) is 16.5 Å². The fourth-order valence-electron chi connectivity index (χ4n) is 4.21. The van der Waals surface area contributed by atoms with Gasteiger partial charge in [0.1, 0.15) is 0 Å². The number of hydrogen-bond donors (Lipinski definition) is 3. The van der Waals surface area contributed by atoms with E-state index in [1.54, 1.807) is 18.2 Å². The van der Waals surface area contributed by atoms with Gasteiger partial charge in [-0.05, 0) is 30.2 Å². The monoisotopic (exact) mass is 446 g/mol. The molecule has 3 aromatic rings. The van der Waals surface area contributed by atoms with Crippen molar-refractivity contribution in [3.63, 3.8) is 0 Å². The molecule has 170 valence electrons. The number of urea groups is 1. The van der Waals surface area contributed by atoms with Crippen molar-refractivity contribution in [1.29, 1.82) is 0 Å². The first-order chi connectivity index (χ1) is 16.2. The molecule has 3 amide bonds. The number of fused-ring (bicyclic) bond motifs is 2. The Morgan fingerprint density at radius 2 is 1.91 bits per heavy atom. The summed E-state index contributed by atoms with van der Waals surface area (Å²) >= 11 is 0. The van der Waals surface area contributed by atoms with E-state index in [4.69, 9.17) is 9.47 Å². The highest BCUT2D eigenvalue weighted by atomic mass is 16.5. The minimum Gasteiger partial charge on any atom is -0.490 e. The van der Waals surface area contributed by atoms with E-state index in [1.807, 2.05) is 23.2 Å². The summed E-state index contributed by atoms with van der Waals surface area (Å²) in [6.45, 7) is 2.73. The summed E-state index contributed by atoms with van der Waals surface area (Å²) in [4.78, 5) is 30.0. The molecule has 0 bridgehead atoms. The number of rotatable bonds is 4. The van der Waals surface area contributed by atoms with Crippen LogP contribution in [0.25, 0.3) is 16.5 Å². The van der Waals surface area contributed by atoms with Gasteiger partial charge in [-0.15, -0.1) is 0 Å². The fraction of sp³-hybridized carbons (Fsp3) is 0.280. The molecule has 8 heteroatoms. The summed E-state index contributed by atoms with van der Waals surface area (Å²) < 4.78 is 11.2. The summed E-state index contributed by atoms with van der Waals surface area (Å²) in [7, 11) is 0. The third kappa shape index (κ3) is 4.85. The van der Waals surface area contributed by atoms with Crippen LogP contribution in [-0.4, -0.2) is 54.7 Å². The number of imide groups is 1. The lowest BCUT2D eigenvalue weighted by atomic mass is 9.99. The summed E-state index contributed by atoms with van der Waals surface area (Å²) in [5.74, 6) is 0.896. The highest BCUT2D eigenvalue weighted by molar-refractivity contribution is 6.02. The number of amides is 3. The third-order valence-corrected chi connectivity index (χ3v) is 5.85. The van der Waals surface area contributed by atoms with Gasteiger partial charge in [-0.25, -0.2) is 4.79 Å². The number of H-pyrrole nitrogens is 1. The Hall–Kier alpha value is -3.78. The van der Waals surface area contributed by atoms with Gasteiger partial charge in [0.2, 0.25) is 5.91 Å². The van der Waals surface area contributed by atoms with Crippen LogP contribution < -0.4 is 20.1 Å². The van der Waals surface area contributed by atoms with Crippen molar-refractivity contribution in [3.05, 3.63) is 60.3 Å². The van der Waals surface area contributed by atoms with E-state index in [0.29, 0.717) is 36.9 Å². The molecule has 0 atom stereocenters. The molecule has 0 fully saturated rings. The normalized spacial score (nSPS) is 16.1. The molecule has 0 aliphatic carbocycles. The minimum atomic E-state index is -0.568. The molecule has 2 aliphatic heterocycles. The van der Waals surface area contributed by atoms with Crippen LogP contribution >= 0.6 is 0 Å². The first-order valence-corrected chi connectivity index (χ1v) is 11.1. The van der Waals surface area contributed by atoms with Crippen molar-refractivity contribution < 1.29 is 19.1 Å². The minimum absolute atomic E-state index is 0.159. The Morgan fingerprint density at radius 1 is 1.06 bits per heavy atom. The molecule has 0 unspecified atom stereocenters. The third-order valence-electron chi connectivity index (χ3n) is 5.85. The van der Waals surface area contributed by atoms with E-state index in [9.17, 15) is 9.59 Å². The molecule has 8 nitrogen and oxygen atoms in total. The molecule has 3 N–H and O–H groups in total. The molecule has 5 rings (SSSR count). The first-order valence-electron chi connectivity index (χ1n) is 11.1. The zero-order chi connectivity index (χ0) is 22.6. The van der Waals surface area contributed by atoms with Crippen molar-refractivity contribution in [2.75, 3.05) is 38.2 Å². The zero-order valence-corrected chi connectivity index (χ0v) is 18.2. The van der Waals surface area contributed by atoms with Gasteiger partial charge in [0, 0.05) is 53.9 Å². The van der Waals surface area contributed by atoms with Crippen LogP contribution in [-0.2, 0) is 4.79 Å². The Bertz CT molecular complexity index is 1220. The molecule has 0 radical (unpaired) electrons. The number of carbonyl (C=O) groups is 2. The molecular formula is C25H26N4O4. The van der Waals surface area contributed by atoms with E-state index in [0.717, 1.165) is 24.9 Å². The van der Waals surface area contributed by atoms with Gasteiger partial charge >= 0.3 is 6.03 Å². The number of ether oxygens (including phenoxy) is 2. The highest BCUT2D eigenvalue weighted by Gasteiger charge is 2.19. The number of aromatic nitrogens is 1. The molecule has 0 spiro atoms. The largest absolute Gasteiger partial charge is 0.490 e. The van der Waals surface area contributed by atoms with E-state index < -0.39 is 6.03 Å². The van der Waals surface area contributed by atoms with Crippen LogP contribution in [0.5, 0.6) is 11.5 Å². The molecule has 33 heavy (non-hydrogen) atoms. The van der Waals surface area contributed by atoms with Gasteiger partial charge in [-0.2, -0.15) is 0 Å². The number of hydrogen-bond acceptors (Lipinski definition) is 5. The maximum absolute atomic E-state index is 12.4. The van der Waals surface area contributed by atoms with Crippen molar-refractivity contribution in [1.82, 2.24) is 15.2 Å². The Morgan fingerprint density at radius 3 is 2.76 bits per heavy atom. The highest BCUT2D eigenvalue weighted by Crippen LogP contribution is 2.32. The molecule has 0 saturated heterocycles. The van der Waals surface area contributed by atoms with Gasteiger partial charge in [0.05, 0.1) is 19.8 Å². The predicted octanol–water partition coefficient (Wildman–Crippen LogP) is 3.77.